The van der Waals surface area contributed by atoms with Crippen molar-refractivity contribution in [2.24, 2.45) is 5.92 Å². The normalized spacial score (nSPS) is 37.8. The van der Waals surface area contributed by atoms with E-state index in [1.54, 1.807) is 6.08 Å². The number of nitrogens with one attached hydrogen (secondary N) is 2. The number of piperidine rings is 1. The molecule has 13 heavy (non-hydrogen) atoms. The lowest BCUT2D eigenvalue weighted by Crippen LogP contribution is -2.44. The molecule has 3 nitrogen and oxygen atoms in total. The van der Waals surface area contributed by atoms with Crippen LogP contribution in [-0.2, 0) is 4.79 Å². The Bertz CT molecular complexity index is 229. The van der Waals surface area contributed by atoms with Crippen LogP contribution >= 0.6 is 0 Å². The fourth-order valence-corrected chi connectivity index (χ4v) is 1.91. The topological polar surface area (TPSA) is 41.1 Å². The van der Waals surface area contributed by atoms with Crippen LogP contribution < -0.4 is 10.6 Å². The van der Waals surface area contributed by atoms with E-state index < -0.39 is 0 Å². The maximum absolute atomic E-state index is 11.6. The van der Waals surface area contributed by atoms with Crippen LogP contribution in [0.15, 0.2) is 12.7 Å². The van der Waals surface area contributed by atoms with Crippen molar-refractivity contribution in [2.75, 3.05) is 0 Å². The van der Waals surface area contributed by atoms with Gasteiger partial charge in [0.2, 0.25) is 5.91 Å². The van der Waals surface area contributed by atoms with E-state index in [4.69, 9.17) is 0 Å². The van der Waals surface area contributed by atoms with Crippen LogP contribution in [-0.4, -0.2) is 24.0 Å². The van der Waals surface area contributed by atoms with Gasteiger partial charge in [0, 0.05) is 12.1 Å². The number of fused-ring (bicyclic) bond motifs is 1. The fraction of sp³-hybridized carbons (Fsp3) is 0.700. The maximum atomic E-state index is 11.6. The van der Waals surface area contributed by atoms with Crippen LogP contribution in [0, 0.1) is 5.92 Å². The Labute approximate surface area is 78.6 Å². The first kappa shape index (κ1) is 8.75. The average molecular weight is 180 g/mol. The van der Waals surface area contributed by atoms with Gasteiger partial charge in [-0.1, -0.05) is 6.08 Å². The minimum absolute atomic E-state index is 0.0474. The summed E-state index contributed by atoms with van der Waals surface area (Å²) in [6.45, 7) is 5.56. The van der Waals surface area contributed by atoms with E-state index in [0.717, 1.165) is 12.3 Å². The standard InChI is InChI=1S/C10H16N2O/c1-3-6(2)11-10(13)9-5-7-4-8(7)12-9/h3,6-9,12H,1,4-5H2,2H3,(H,11,13)/t6?,7-,8-,9+/m1/s1. The SMILES string of the molecule is C=CC(C)NC(=O)[C@@H]1C[C@H]2C[C@H]2N1. The third-order valence-electron chi connectivity index (χ3n) is 2.92. The monoisotopic (exact) mass is 180 g/mol. The summed E-state index contributed by atoms with van der Waals surface area (Å²) in [5.41, 5.74) is 0. The quantitative estimate of drug-likeness (QED) is 0.618. The molecule has 4 atom stereocenters. The van der Waals surface area contributed by atoms with Gasteiger partial charge in [0.15, 0.2) is 0 Å². The van der Waals surface area contributed by atoms with Gasteiger partial charge in [0.1, 0.15) is 0 Å². The number of carbonyl (C=O) groups is 1. The minimum Gasteiger partial charge on any atom is -0.349 e. The highest BCUT2D eigenvalue weighted by molar-refractivity contribution is 5.82. The Hall–Kier alpha value is -0.830. The van der Waals surface area contributed by atoms with Crippen molar-refractivity contribution in [1.29, 1.82) is 0 Å². The fourth-order valence-electron chi connectivity index (χ4n) is 1.91. The molecule has 72 valence electrons. The molecule has 0 bridgehead atoms. The molecule has 2 N–H and O–H groups in total. The zero-order chi connectivity index (χ0) is 9.42. The zero-order valence-electron chi connectivity index (χ0n) is 7.92. The van der Waals surface area contributed by atoms with Gasteiger partial charge >= 0.3 is 0 Å². The Morgan fingerprint density at radius 3 is 3.00 bits per heavy atom. The smallest absolute Gasteiger partial charge is 0.237 e. The first-order valence-electron chi connectivity index (χ1n) is 4.89. The lowest BCUT2D eigenvalue weighted by molar-refractivity contribution is -0.123. The van der Waals surface area contributed by atoms with Crippen LogP contribution in [0.3, 0.4) is 0 Å². The van der Waals surface area contributed by atoms with Crippen molar-refractivity contribution < 1.29 is 4.79 Å². The molecule has 2 aliphatic rings. The van der Waals surface area contributed by atoms with Gasteiger partial charge in [-0.25, -0.2) is 0 Å². The van der Waals surface area contributed by atoms with Gasteiger partial charge in [-0.05, 0) is 25.7 Å². The summed E-state index contributed by atoms with van der Waals surface area (Å²) in [6.07, 6.45) is 4.02. The number of amides is 1. The molecule has 2 fully saturated rings. The van der Waals surface area contributed by atoms with Gasteiger partial charge in [-0.2, -0.15) is 0 Å². The number of hydrogen-bond acceptors (Lipinski definition) is 2. The number of rotatable bonds is 3. The Balaban J connectivity index is 1.80. The number of carbonyl (C=O) groups excluding carboxylic acids is 1. The average Bonchev–Trinajstić information content (AvgIpc) is 2.73. The van der Waals surface area contributed by atoms with E-state index in [1.807, 2.05) is 6.92 Å². The third kappa shape index (κ3) is 1.75. The number of hydrogen-bond donors (Lipinski definition) is 2. The summed E-state index contributed by atoms with van der Waals surface area (Å²) in [5.74, 6) is 0.898. The lowest BCUT2D eigenvalue weighted by Gasteiger charge is -2.15. The summed E-state index contributed by atoms with van der Waals surface area (Å²) < 4.78 is 0. The first-order valence-corrected chi connectivity index (χ1v) is 4.89. The van der Waals surface area contributed by atoms with Crippen molar-refractivity contribution in [1.82, 2.24) is 10.6 Å². The zero-order valence-corrected chi connectivity index (χ0v) is 7.92. The van der Waals surface area contributed by atoms with E-state index in [2.05, 4.69) is 17.2 Å². The molecule has 1 aliphatic carbocycles. The maximum Gasteiger partial charge on any atom is 0.237 e. The van der Waals surface area contributed by atoms with Crippen LogP contribution in [0.1, 0.15) is 19.8 Å². The second-order valence-corrected chi connectivity index (χ2v) is 4.09. The Morgan fingerprint density at radius 2 is 2.46 bits per heavy atom. The molecule has 0 radical (unpaired) electrons. The molecule has 0 spiro atoms. The van der Waals surface area contributed by atoms with E-state index in [1.165, 1.54) is 6.42 Å². The Morgan fingerprint density at radius 1 is 1.69 bits per heavy atom. The lowest BCUT2D eigenvalue weighted by atomic mass is 10.1. The summed E-state index contributed by atoms with van der Waals surface area (Å²) in [4.78, 5) is 11.6. The Kier molecular flexibility index (Phi) is 2.12. The van der Waals surface area contributed by atoms with Crippen molar-refractivity contribution in [3.05, 3.63) is 12.7 Å². The largest absolute Gasteiger partial charge is 0.349 e. The third-order valence-corrected chi connectivity index (χ3v) is 2.92. The summed E-state index contributed by atoms with van der Waals surface area (Å²) in [5, 5.41) is 6.20. The molecule has 0 aromatic rings. The molecule has 2 rings (SSSR count). The van der Waals surface area contributed by atoms with Crippen LogP contribution in [0.2, 0.25) is 0 Å². The summed E-state index contributed by atoms with van der Waals surface area (Å²) >= 11 is 0. The predicted molar refractivity (Wildman–Crippen MR) is 51.2 cm³/mol. The van der Waals surface area contributed by atoms with Crippen LogP contribution in [0.25, 0.3) is 0 Å². The first-order chi connectivity index (χ1) is 6.20. The molecular weight excluding hydrogens is 164 g/mol. The molecule has 3 heteroatoms. The van der Waals surface area contributed by atoms with Crippen molar-refractivity contribution in [2.45, 2.75) is 37.9 Å². The van der Waals surface area contributed by atoms with Crippen LogP contribution in [0.4, 0.5) is 0 Å². The van der Waals surface area contributed by atoms with E-state index >= 15 is 0 Å². The second-order valence-electron chi connectivity index (χ2n) is 4.09. The van der Waals surface area contributed by atoms with Gasteiger partial charge in [0.05, 0.1) is 6.04 Å². The van der Waals surface area contributed by atoms with Crippen molar-refractivity contribution in [3.8, 4) is 0 Å². The van der Waals surface area contributed by atoms with Gasteiger partial charge < -0.3 is 10.6 Å². The molecule has 1 unspecified atom stereocenters. The molecule has 0 aromatic carbocycles. The highest BCUT2D eigenvalue weighted by atomic mass is 16.2. The molecule has 1 heterocycles. The molecule has 1 amide bonds. The van der Waals surface area contributed by atoms with Gasteiger partial charge in [-0.15, -0.1) is 6.58 Å². The predicted octanol–water partition coefficient (Wildman–Crippen LogP) is 0.427. The van der Waals surface area contributed by atoms with Crippen LogP contribution in [0.5, 0.6) is 0 Å². The highest BCUT2D eigenvalue weighted by Crippen LogP contribution is 2.40. The second kappa shape index (κ2) is 3.14. The molecule has 1 saturated carbocycles. The van der Waals surface area contributed by atoms with Crippen molar-refractivity contribution >= 4 is 5.91 Å². The molecule has 1 aliphatic heterocycles. The summed E-state index contributed by atoms with van der Waals surface area (Å²) in [6, 6.07) is 0.757. The van der Waals surface area contributed by atoms with Crippen molar-refractivity contribution in [3.63, 3.8) is 0 Å². The van der Waals surface area contributed by atoms with Gasteiger partial charge in [0.25, 0.3) is 0 Å². The van der Waals surface area contributed by atoms with E-state index in [9.17, 15) is 4.79 Å². The molecular formula is C10H16N2O. The minimum atomic E-state index is 0.0474. The summed E-state index contributed by atoms with van der Waals surface area (Å²) in [7, 11) is 0. The molecule has 0 aromatic heterocycles. The van der Waals surface area contributed by atoms with E-state index in [0.29, 0.717) is 6.04 Å². The molecule has 1 saturated heterocycles. The van der Waals surface area contributed by atoms with E-state index in [-0.39, 0.29) is 18.0 Å². The highest BCUT2D eigenvalue weighted by Gasteiger charge is 2.47. The van der Waals surface area contributed by atoms with Gasteiger partial charge in [-0.3, -0.25) is 4.79 Å².